The topological polar surface area (TPSA) is 27.7 Å². The maximum absolute atomic E-state index is 5.61. The second-order valence-corrected chi connectivity index (χ2v) is 8.00. The molecule has 0 saturated carbocycles. The van der Waals surface area contributed by atoms with Crippen molar-refractivity contribution in [1.82, 2.24) is 0 Å². The molecule has 1 aromatic rings. The molecule has 0 heterocycles. The minimum atomic E-state index is -2.76. The minimum Gasteiger partial charge on any atom is -0.376 e. The van der Waals surface area contributed by atoms with Crippen LogP contribution in [-0.2, 0) is 18.3 Å². The third-order valence-electron chi connectivity index (χ3n) is 3.16. The van der Waals surface area contributed by atoms with Gasteiger partial charge in [0.15, 0.2) is 0 Å². The molecule has 1 rings (SSSR count). The molecule has 0 N–H and O–H groups in total. The first-order valence-electron chi connectivity index (χ1n) is 5.37. The lowest BCUT2D eigenvalue weighted by Gasteiger charge is -2.40. The van der Waals surface area contributed by atoms with E-state index in [0.717, 1.165) is 5.56 Å². The number of rotatable bonds is 6. The van der Waals surface area contributed by atoms with Gasteiger partial charge in [0.25, 0.3) is 0 Å². The van der Waals surface area contributed by atoms with Crippen molar-refractivity contribution in [2.45, 2.75) is 12.0 Å². The zero-order valence-corrected chi connectivity index (χ0v) is 13.3. The average molecular weight is 319 g/mol. The standard InChI is InChI=1S/C12H19BrO3Si/c1-12(10-13,11-8-6-5-7-9-11)17(14-2,15-3)16-4/h5-9H,10H2,1-4H3. The van der Waals surface area contributed by atoms with Crippen LogP contribution in [0.3, 0.4) is 0 Å². The summed E-state index contributed by atoms with van der Waals surface area (Å²) in [6.45, 7) is 2.10. The first-order valence-corrected chi connectivity index (χ1v) is 8.21. The molecule has 0 radical (unpaired) electrons. The molecule has 0 bridgehead atoms. The normalized spacial score (nSPS) is 15.6. The Morgan fingerprint density at radius 3 is 1.88 bits per heavy atom. The van der Waals surface area contributed by atoms with E-state index in [1.54, 1.807) is 21.3 Å². The third-order valence-corrected chi connectivity index (χ3v) is 8.23. The summed E-state index contributed by atoms with van der Waals surface area (Å²) in [6, 6.07) is 10.2. The lowest BCUT2D eigenvalue weighted by atomic mass is 10.0. The predicted octanol–water partition coefficient (Wildman–Crippen LogP) is 2.76. The zero-order valence-electron chi connectivity index (χ0n) is 10.7. The molecule has 0 spiro atoms. The Labute approximate surface area is 113 Å². The summed E-state index contributed by atoms with van der Waals surface area (Å²) in [6.07, 6.45) is 0. The molecule has 1 aromatic carbocycles. The summed E-state index contributed by atoms with van der Waals surface area (Å²) in [7, 11) is 2.17. The van der Waals surface area contributed by atoms with Crippen LogP contribution in [0.4, 0.5) is 0 Å². The number of alkyl halides is 1. The highest BCUT2D eigenvalue weighted by Crippen LogP contribution is 2.36. The largest absolute Gasteiger partial charge is 0.511 e. The maximum atomic E-state index is 5.61. The van der Waals surface area contributed by atoms with E-state index in [9.17, 15) is 0 Å². The average Bonchev–Trinajstić information content (AvgIpc) is 2.42. The van der Waals surface area contributed by atoms with E-state index in [4.69, 9.17) is 13.3 Å². The second-order valence-electron chi connectivity index (χ2n) is 4.00. The van der Waals surface area contributed by atoms with Crippen LogP contribution < -0.4 is 0 Å². The van der Waals surface area contributed by atoms with Crippen molar-refractivity contribution >= 4 is 24.7 Å². The van der Waals surface area contributed by atoms with Crippen molar-refractivity contribution in [2.75, 3.05) is 26.7 Å². The molecule has 0 aromatic heterocycles. The Kier molecular flexibility index (Phi) is 5.34. The molecule has 0 aliphatic heterocycles. The van der Waals surface area contributed by atoms with Crippen molar-refractivity contribution in [1.29, 1.82) is 0 Å². The van der Waals surface area contributed by atoms with E-state index in [1.165, 1.54) is 0 Å². The Morgan fingerprint density at radius 2 is 1.53 bits per heavy atom. The molecule has 0 amide bonds. The van der Waals surface area contributed by atoms with Gasteiger partial charge in [0.1, 0.15) is 0 Å². The van der Waals surface area contributed by atoms with Crippen molar-refractivity contribution in [3.63, 3.8) is 0 Å². The van der Waals surface area contributed by atoms with Gasteiger partial charge < -0.3 is 13.3 Å². The Bertz CT molecular complexity index is 335. The Morgan fingerprint density at radius 1 is 1.06 bits per heavy atom. The van der Waals surface area contributed by atoms with Crippen LogP contribution in [0, 0.1) is 0 Å². The summed E-state index contributed by atoms with van der Waals surface area (Å²) in [5, 5.41) is 0.401. The molecule has 0 aliphatic rings. The number of hydrogen-bond donors (Lipinski definition) is 0. The highest BCUT2D eigenvalue weighted by Gasteiger charge is 2.57. The second kappa shape index (κ2) is 6.11. The van der Waals surface area contributed by atoms with Gasteiger partial charge in [0.05, 0.1) is 5.04 Å². The Balaban J connectivity index is 3.28. The van der Waals surface area contributed by atoms with Crippen molar-refractivity contribution in [2.24, 2.45) is 0 Å². The Hall–Kier alpha value is -0.203. The number of benzene rings is 1. The van der Waals surface area contributed by atoms with Crippen LogP contribution in [0.15, 0.2) is 30.3 Å². The zero-order chi connectivity index (χ0) is 12.9. The quantitative estimate of drug-likeness (QED) is 0.596. The van der Waals surface area contributed by atoms with Crippen LogP contribution >= 0.6 is 15.9 Å². The lowest BCUT2D eigenvalue weighted by Crippen LogP contribution is -2.61. The molecule has 1 unspecified atom stereocenters. The smallest absolute Gasteiger partial charge is 0.376 e. The molecule has 0 fully saturated rings. The molecular weight excluding hydrogens is 300 g/mol. The third kappa shape index (κ3) is 2.48. The van der Waals surface area contributed by atoms with E-state index in [1.807, 2.05) is 18.2 Å². The van der Waals surface area contributed by atoms with E-state index in [2.05, 4.69) is 35.0 Å². The van der Waals surface area contributed by atoms with Crippen LogP contribution in [0.5, 0.6) is 0 Å². The highest BCUT2D eigenvalue weighted by atomic mass is 79.9. The molecular formula is C12H19BrO3Si. The van der Waals surface area contributed by atoms with Gasteiger partial charge in [-0.1, -0.05) is 53.2 Å². The first kappa shape index (κ1) is 14.9. The summed E-state index contributed by atoms with van der Waals surface area (Å²) in [4.78, 5) is 0. The van der Waals surface area contributed by atoms with Crippen molar-refractivity contribution in [3.05, 3.63) is 35.9 Å². The monoisotopic (exact) mass is 318 g/mol. The van der Waals surface area contributed by atoms with Gasteiger partial charge in [-0.2, -0.15) is 0 Å². The molecule has 0 aliphatic carbocycles. The van der Waals surface area contributed by atoms with Gasteiger partial charge >= 0.3 is 8.80 Å². The predicted molar refractivity (Wildman–Crippen MR) is 74.4 cm³/mol. The molecule has 17 heavy (non-hydrogen) atoms. The van der Waals surface area contributed by atoms with Gasteiger partial charge in [-0.25, -0.2) is 0 Å². The summed E-state index contributed by atoms with van der Waals surface area (Å²) in [5.41, 5.74) is 1.15. The van der Waals surface area contributed by atoms with Crippen molar-refractivity contribution in [3.8, 4) is 0 Å². The van der Waals surface area contributed by atoms with E-state index in [0.29, 0.717) is 5.33 Å². The first-order chi connectivity index (χ1) is 8.10. The summed E-state index contributed by atoms with van der Waals surface area (Å²) < 4.78 is 16.8. The van der Waals surface area contributed by atoms with Gasteiger partial charge in [-0.05, 0) is 5.56 Å². The fourth-order valence-electron chi connectivity index (χ4n) is 2.07. The molecule has 0 saturated heterocycles. The van der Waals surface area contributed by atoms with Crippen LogP contribution in [0.1, 0.15) is 12.5 Å². The number of hydrogen-bond acceptors (Lipinski definition) is 3. The van der Waals surface area contributed by atoms with E-state index < -0.39 is 8.80 Å². The summed E-state index contributed by atoms with van der Waals surface area (Å²) in [5.74, 6) is 0. The maximum Gasteiger partial charge on any atom is 0.511 e. The fourth-order valence-corrected chi connectivity index (χ4v) is 5.96. The highest BCUT2D eigenvalue weighted by molar-refractivity contribution is 9.09. The molecule has 5 heteroatoms. The van der Waals surface area contributed by atoms with Gasteiger partial charge in [0, 0.05) is 26.7 Å². The fraction of sp³-hybridized carbons (Fsp3) is 0.500. The molecule has 1 atom stereocenters. The van der Waals surface area contributed by atoms with Crippen LogP contribution in [0.25, 0.3) is 0 Å². The van der Waals surface area contributed by atoms with E-state index in [-0.39, 0.29) is 5.04 Å². The molecule has 3 nitrogen and oxygen atoms in total. The SMILES string of the molecule is CO[Si](OC)(OC)C(C)(CBr)c1ccccc1. The van der Waals surface area contributed by atoms with Gasteiger partial charge in [-0.15, -0.1) is 0 Å². The van der Waals surface area contributed by atoms with Crippen LogP contribution in [-0.4, -0.2) is 35.5 Å². The number of halogens is 1. The lowest BCUT2D eigenvalue weighted by molar-refractivity contribution is 0.0982. The van der Waals surface area contributed by atoms with Crippen molar-refractivity contribution < 1.29 is 13.3 Å². The van der Waals surface area contributed by atoms with E-state index >= 15 is 0 Å². The molecule has 96 valence electrons. The minimum absolute atomic E-state index is 0.313. The van der Waals surface area contributed by atoms with Gasteiger partial charge in [0.2, 0.25) is 0 Å². The van der Waals surface area contributed by atoms with Crippen LogP contribution in [0.2, 0.25) is 0 Å². The van der Waals surface area contributed by atoms with Gasteiger partial charge in [-0.3, -0.25) is 0 Å². The summed E-state index contributed by atoms with van der Waals surface area (Å²) >= 11 is 3.56.